The molecule has 10 nitrogen and oxygen atoms in total. The van der Waals surface area contributed by atoms with Gasteiger partial charge in [0.05, 0.1) is 28.9 Å². The first kappa shape index (κ1) is 27.4. The van der Waals surface area contributed by atoms with Gasteiger partial charge in [-0.25, -0.2) is 13.4 Å². The predicted molar refractivity (Wildman–Crippen MR) is 152 cm³/mol. The number of aromatic nitrogens is 1. The smallest absolute Gasteiger partial charge is 0.240 e. The minimum absolute atomic E-state index is 0.0641. The van der Waals surface area contributed by atoms with Gasteiger partial charge in [0.1, 0.15) is 6.54 Å². The molecule has 0 aliphatic carbocycles. The van der Waals surface area contributed by atoms with Crippen molar-refractivity contribution in [2.24, 2.45) is 4.99 Å². The molecule has 39 heavy (non-hydrogen) atoms. The Morgan fingerprint density at radius 3 is 2.41 bits per heavy atom. The third kappa shape index (κ3) is 6.44. The van der Waals surface area contributed by atoms with E-state index < -0.39 is 15.9 Å². The van der Waals surface area contributed by atoms with E-state index in [1.807, 2.05) is 48.5 Å². The molecule has 1 heterocycles. The van der Waals surface area contributed by atoms with Gasteiger partial charge >= 0.3 is 0 Å². The second-order valence-corrected chi connectivity index (χ2v) is 10.8. The summed E-state index contributed by atoms with van der Waals surface area (Å²) in [6.45, 7) is 1.44. The minimum atomic E-state index is -3.77. The van der Waals surface area contributed by atoms with E-state index in [1.54, 1.807) is 24.3 Å². The highest BCUT2D eigenvalue weighted by Gasteiger charge is 2.22. The molecule has 4 rings (SSSR count). The summed E-state index contributed by atoms with van der Waals surface area (Å²) < 4.78 is 26.0. The van der Waals surface area contributed by atoms with Crippen LogP contribution in [0.1, 0.15) is 23.6 Å². The molecule has 3 aromatic carbocycles. The normalized spacial score (nSPS) is 11.8. The third-order valence-corrected chi connectivity index (χ3v) is 7.16. The van der Waals surface area contributed by atoms with E-state index in [0.717, 1.165) is 27.0 Å². The highest BCUT2D eigenvalue weighted by atomic mass is 32.2. The van der Waals surface area contributed by atoms with E-state index in [1.165, 1.54) is 14.0 Å². The molecule has 0 fully saturated rings. The van der Waals surface area contributed by atoms with E-state index in [-0.39, 0.29) is 24.0 Å². The largest absolute Gasteiger partial charge is 0.494 e. The molecule has 0 unspecified atom stereocenters. The van der Waals surface area contributed by atoms with Crippen molar-refractivity contribution < 1.29 is 23.1 Å². The zero-order valence-electron chi connectivity index (χ0n) is 21.7. The molecule has 0 aliphatic heterocycles. The summed E-state index contributed by atoms with van der Waals surface area (Å²) in [6, 6.07) is 21.3. The van der Waals surface area contributed by atoms with Crippen LogP contribution < -0.4 is 14.9 Å². The van der Waals surface area contributed by atoms with Crippen molar-refractivity contribution in [2.45, 2.75) is 13.5 Å². The molecule has 4 aromatic rings. The van der Waals surface area contributed by atoms with Crippen LogP contribution in [0.3, 0.4) is 0 Å². The number of aromatic hydroxyl groups is 1. The summed E-state index contributed by atoms with van der Waals surface area (Å²) in [5.41, 5.74) is 3.92. The molecule has 0 bridgehead atoms. The summed E-state index contributed by atoms with van der Waals surface area (Å²) in [6.07, 6.45) is 1.03. The van der Waals surface area contributed by atoms with Crippen molar-refractivity contribution in [2.75, 3.05) is 24.2 Å². The van der Waals surface area contributed by atoms with Gasteiger partial charge in [-0.05, 0) is 29.8 Å². The molecule has 0 aliphatic rings. The van der Waals surface area contributed by atoms with Gasteiger partial charge in [0.2, 0.25) is 21.8 Å². The number of nitrogens with one attached hydrogen (secondary N) is 3. The van der Waals surface area contributed by atoms with E-state index in [4.69, 9.17) is 4.99 Å². The molecule has 202 valence electrons. The van der Waals surface area contributed by atoms with Gasteiger partial charge in [-0.1, -0.05) is 48.5 Å². The van der Waals surface area contributed by atoms with Crippen LogP contribution in [-0.2, 0) is 26.2 Å². The Bertz CT molecular complexity index is 1660. The highest BCUT2D eigenvalue weighted by Crippen LogP contribution is 2.32. The lowest BCUT2D eigenvalue weighted by molar-refractivity contribution is -0.119. The van der Waals surface area contributed by atoms with Crippen molar-refractivity contribution in [3.63, 3.8) is 0 Å². The Morgan fingerprint density at radius 1 is 1.03 bits per heavy atom. The van der Waals surface area contributed by atoms with Crippen LogP contribution in [0, 0.1) is 0 Å². The van der Waals surface area contributed by atoms with E-state index in [2.05, 4.69) is 15.6 Å². The molecule has 4 N–H and O–H groups in total. The molecule has 0 atom stereocenters. The van der Waals surface area contributed by atoms with Crippen LogP contribution in [-0.4, -0.2) is 55.9 Å². The van der Waals surface area contributed by atoms with Crippen molar-refractivity contribution in [1.29, 1.82) is 0 Å². The Labute approximate surface area is 226 Å². The van der Waals surface area contributed by atoms with Crippen molar-refractivity contribution in [1.82, 2.24) is 15.6 Å². The van der Waals surface area contributed by atoms with Crippen LogP contribution in [0.5, 0.6) is 5.88 Å². The predicted octanol–water partition coefficient (Wildman–Crippen LogP) is 3.19. The number of hydrogen-bond donors (Lipinski definition) is 4. The number of para-hydroxylation sites is 1. The molecule has 2 amide bonds. The number of fused-ring (bicyclic) bond motifs is 1. The highest BCUT2D eigenvalue weighted by molar-refractivity contribution is 7.92. The van der Waals surface area contributed by atoms with E-state index in [9.17, 15) is 23.1 Å². The maximum atomic E-state index is 12.5. The Hall–Kier alpha value is -4.64. The number of amides is 2. The van der Waals surface area contributed by atoms with Crippen LogP contribution in [0.25, 0.3) is 10.9 Å². The van der Waals surface area contributed by atoms with Crippen LogP contribution >= 0.6 is 0 Å². The number of aliphatic imine (C=N–C) groups is 1. The van der Waals surface area contributed by atoms with Gasteiger partial charge in [0.15, 0.2) is 5.88 Å². The Morgan fingerprint density at radius 2 is 1.74 bits per heavy atom. The first-order chi connectivity index (χ1) is 18.6. The SMILES string of the molecule is CNC(=O)CN(c1cccc(N=C(c2ccc(CNC(C)=O)cc2)c2c(O)[nH]c3ccccc23)c1)S(C)(=O)=O. The van der Waals surface area contributed by atoms with Crippen LogP contribution in [0.15, 0.2) is 77.8 Å². The lowest BCUT2D eigenvalue weighted by Crippen LogP contribution is -2.39. The minimum Gasteiger partial charge on any atom is -0.494 e. The number of carbonyl (C=O) groups excluding carboxylic acids is 2. The number of carbonyl (C=O) groups is 2. The zero-order valence-corrected chi connectivity index (χ0v) is 22.5. The fraction of sp³-hybridized carbons (Fsp3) is 0.179. The second-order valence-electron chi connectivity index (χ2n) is 8.92. The van der Waals surface area contributed by atoms with Crippen LogP contribution in [0.2, 0.25) is 0 Å². The molecular weight excluding hydrogens is 518 g/mol. The van der Waals surface area contributed by atoms with E-state index >= 15 is 0 Å². The first-order valence-corrected chi connectivity index (χ1v) is 13.9. The number of rotatable bonds is 9. The quantitative estimate of drug-likeness (QED) is 0.238. The molecule has 1 aromatic heterocycles. The topological polar surface area (TPSA) is 144 Å². The molecular formula is C28H29N5O5S. The van der Waals surface area contributed by atoms with Gasteiger partial charge in [-0.2, -0.15) is 0 Å². The summed E-state index contributed by atoms with van der Waals surface area (Å²) in [5, 5.41) is 16.9. The van der Waals surface area contributed by atoms with Gasteiger partial charge < -0.3 is 20.7 Å². The summed E-state index contributed by atoms with van der Waals surface area (Å²) in [5.74, 6) is -0.659. The number of aromatic amines is 1. The van der Waals surface area contributed by atoms with Crippen molar-refractivity contribution >= 4 is 49.8 Å². The zero-order chi connectivity index (χ0) is 28.2. The van der Waals surface area contributed by atoms with Gasteiger partial charge in [0.25, 0.3) is 0 Å². The van der Waals surface area contributed by atoms with E-state index in [0.29, 0.717) is 29.1 Å². The molecule has 0 radical (unpaired) electrons. The number of benzene rings is 3. The summed E-state index contributed by atoms with van der Waals surface area (Å²) in [7, 11) is -2.33. The van der Waals surface area contributed by atoms with Gasteiger partial charge in [-0.15, -0.1) is 0 Å². The Kier molecular flexibility index (Phi) is 8.01. The average molecular weight is 548 g/mol. The molecule has 0 saturated heterocycles. The summed E-state index contributed by atoms with van der Waals surface area (Å²) >= 11 is 0. The fourth-order valence-corrected chi connectivity index (χ4v) is 4.94. The Balaban J connectivity index is 1.85. The second kappa shape index (κ2) is 11.4. The number of nitrogens with zero attached hydrogens (tertiary/aromatic N) is 2. The van der Waals surface area contributed by atoms with Crippen molar-refractivity contribution in [3.05, 3.63) is 89.5 Å². The number of likely N-dealkylation sites (N-methyl/N-ethyl adjacent to an activating group) is 1. The maximum Gasteiger partial charge on any atom is 0.240 e. The molecule has 0 spiro atoms. The van der Waals surface area contributed by atoms with Gasteiger partial charge in [0, 0.05) is 37.0 Å². The number of hydrogen-bond acceptors (Lipinski definition) is 6. The average Bonchev–Trinajstić information content (AvgIpc) is 3.24. The van der Waals surface area contributed by atoms with Gasteiger partial charge in [-0.3, -0.25) is 13.9 Å². The van der Waals surface area contributed by atoms with Crippen LogP contribution in [0.4, 0.5) is 11.4 Å². The van der Waals surface area contributed by atoms with Crippen molar-refractivity contribution in [3.8, 4) is 5.88 Å². The maximum absolute atomic E-state index is 12.5. The number of anilines is 1. The third-order valence-electron chi connectivity index (χ3n) is 6.02. The number of sulfonamides is 1. The number of H-pyrrole nitrogens is 1. The fourth-order valence-electron chi connectivity index (χ4n) is 4.10. The lowest BCUT2D eigenvalue weighted by atomic mass is 9.99. The molecule has 11 heteroatoms. The lowest BCUT2D eigenvalue weighted by Gasteiger charge is -2.21. The first-order valence-electron chi connectivity index (χ1n) is 12.1. The monoisotopic (exact) mass is 547 g/mol. The summed E-state index contributed by atoms with van der Waals surface area (Å²) in [4.78, 5) is 31.2. The standard InChI is InChI=1S/C28H29N5O5S/c1-18(34)30-16-19-11-13-20(14-12-19)27(26-23-9-4-5-10-24(23)32-28(26)36)31-21-7-6-8-22(15-21)33(39(3,37)38)17-25(35)29-2/h4-15,32,36H,16-17H2,1-3H3,(H,29,35)(H,30,34). The molecule has 0 saturated carbocycles.